The first-order valence-electron chi connectivity index (χ1n) is 8.12. The van der Waals surface area contributed by atoms with Gasteiger partial charge in [-0.1, -0.05) is 35.3 Å². The third-order valence-corrected chi connectivity index (χ3v) is 7.38. The van der Waals surface area contributed by atoms with Gasteiger partial charge in [0.05, 0.1) is 17.6 Å². The fourth-order valence-electron chi connectivity index (χ4n) is 3.33. The van der Waals surface area contributed by atoms with Gasteiger partial charge in [-0.05, 0) is 48.9 Å². The molecule has 0 N–H and O–H groups in total. The molecule has 0 heterocycles. The van der Waals surface area contributed by atoms with Crippen LogP contribution in [0.15, 0.2) is 53.4 Å². The van der Waals surface area contributed by atoms with Crippen molar-refractivity contribution >= 4 is 39.0 Å². The molecule has 140 valence electrons. The van der Waals surface area contributed by atoms with Crippen molar-refractivity contribution < 1.29 is 17.9 Å². The lowest BCUT2D eigenvalue weighted by atomic mass is 10.0. The highest BCUT2D eigenvalue weighted by atomic mass is 35.5. The molecule has 0 amide bonds. The summed E-state index contributed by atoms with van der Waals surface area (Å²) < 4.78 is 31.5. The van der Waals surface area contributed by atoms with Gasteiger partial charge in [0.25, 0.3) is 0 Å². The number of rotatable bonds is 5. The molecule has 0 saturated heterocycles. The summed E-state index contributed by atoms with van der Waals surface area (Å²) in [5, 5.41) is 9.40. The molecule has 2 aromatic rings. The van der Waals surface area contributed by atoms with Crippen molar-refractivity contribution in [1.82, 2.24) is 0 Å². The zero-order chi connectivity index (χ0) is 19.8. The smallest absolute Gasteiger partial charge is 0.328 e. The maximum absolute atomic E-state index is 13.2. The Bertz CT molecular complexity index is 1010. The summed E-state index contributed by atoms with van der Waals surface area (Å²) in [7, 11) is -3.99. The first kappa shape index (κ1) is 19.7. The number of sulfone groups is 1. The van der Waals surface area contributed by atoms with Crippen molar-refractivity contribution in [3.05, 3.63) is 64.1 Å². The van der Waals surface area contributed by atoms with Crippen molar-refractivity contribution in [3.63, 3.8) is 0 Å². The van der Waals surface area contributed by atoms with Crippen LogP contribution in [0.4, 0.5) is 0 Å². The predicted molar refractivity (Wildman–Crippen MR) is 101 cm³/mol. The molecule has 1 saturated carbocycles. The molecule has 27 heavy (non-hydrogen) atoms. The van der Waals surface area contributed by atoms with Crippen molar-refractivity contribution in [2.75, 3.05) is 6.61 Å². The summed E-state index contributed by atoms with van der Waals surface area (Å²) in [5.41, 5.74) is -1.26. The van der Waals surface area contributed by atoms with E-state index in [9.17, 15) is 18.5 Å². The summed E-state index contributed by atoms with van der Waals surface area (Å²) in [5.74, 6) is -1.69. The Balaban J connectivity index is 2.12. The molecule has 0 bridgehead atoms. The molecule has 3 atom stereocenters. The number of esters is 1. The highest BCUT2D eigenvalue weighted by Gasteiger charge is 2.77. The van der Waals surface area contributed by atoms with E-state index in [0.717, 1.165) is 0 Å². The third kappa shape index (κ3) is 3.20. The average molecular weight is 424 g/mol. The van der Waals surface area contributed by atoms with Gasteiger partial charge in [0.2, 0.25) is 0 Å². The van der Waals surface area contributed by atoms with Crippen LogP contribution in [-0.2, 0) is 19.4 Å². The molecule has 8 heteroatoms. The van der Waals surface area contributed by atoms with Gasteiger partial charge < -0.3 is 4.74 Å². The number of ether oxygens (including phenoxy) is 1. The van der Waals surface area contributed by atoms with Crippen molar-refractivity contribution in [2.24, 2.45) is 5.41 Å². The molecule has 0 aliphatic heterocycles. The Labute approximate surface area is 167 Å². The zero-order valence-corrected chi connectivity index (χ0v) is 16.6. The van der Waals surface area contributed by atoms with E-state index >= 15 is 0 Å². The van der Waals surface area contributed by atoms with Gasteiger partial charge in [0, 0.05) is 16.0 Å². The second-order valence-electron chi connectivity index (χ2n) is 6.15. The van der Waals surface area contributed by atoms with Gasteiger partial charge in [-0.25, -0.2) is 8.42 Å². The lowest BCUT2D eigenvalue weighted by Crippen LogP contribution is -2.25. The van der Waals surface area contributed by atoms with Crippen LogP contribution in [0.3, 0.4) is 0 Å². The van der Waals surface area contributed by atoms with Crippen molar-refractivity contribution in [1.29, 1.82) is 5.26 Å². The molecular formula is C19H15Cl2NO4S. The van der Waals surface area contributed by atoms with Crippen LogP contribution in [0.5, 0.6) is 0 Å². The number of halogens is 2. The predicted octanol–water partition coefficient (Wildman–Crippen LogP) is 4.01. The van der Waals surface area contributed by atoms with Gasteiger partial charge >= 0.3 is 5.97 Å². The molecule has 1 aliphatic rings. The number of benzene rings is 2. The molecule has 0 unspecified atom stereocenters. The van der Waals surface area contributed by atoms with Crippen LogP contribution < -0.4 is 0 Å². The van der Waals surface area contributed by atoms with Crippen molar-refractivity contribution in [2.45, 2.75) is 23.0 Å². The SMILES string of the molecule is CCOC(=O)[C@@]1(C#N)[C@H](S(=O)(=O)c2ccc(Cl)cc2)[C@@H]1c1ccc(Cl)cc1. The van der Waals surface area contributed by atoms with Gasteiger partial charge in [0.1, 0.15) is 5.25 Å². The van der Waals surface area contributed by atoms with Crippen LogP contribution in [0.2, 0.25) is 10.0 Å². The van der Waals surface area contributed by atoms with E-state index in [-0.39, 0.29) is 11.5 Å². The Morgan fingerprint density at radius 1 is 1.11 bits per heavy atom. The second kappa shape index (κ2) is 7.16. The third-order valence-electron chi connectivity index (χ3n) is 4.64. The number of nitriles is 1. The molecular weight excluding hydrogens is 409 g/mol. The average Bonchev–Trinajstić information content (AvgIpc) is 3.34. The summed E-state index contributed by atoms with van der Waals surface area (Å²) in [6, 6.07) is 14.0. The van der Waals surface area contributed by atoms with E-state index in [0.29, 0.717) is 15.6 Å². The fourth-order valence-corrected chi connectivity index (χ4v) is 5.83. The lowest BCUT2D eigenvalue weighted by molar-refractivity contribution is -0.147. The van der Waals surface area contributed by atoms with Crippen molar-refractivity contribution in [3.8, 4) is 6.07 Å². The van der Waals surface area contributed by atoms with Gasteiger partial charge in [-0.15, -0.1) is 0 Å². The minimum Gasteiger partial charge on any atom is -0.465 e. The maximum atomic E-state index is 13.2. The molecule has 5 nitrogen and oxygen atoms in total. The summed E-state index contributed by atoms with van der Waals surface area (Å²) in [4.78, 5) is 12.6. The molecule has 1 fully saturated rings. The van der Waals surface area contributed by atoms with E-state index in [2.05, 4.69) is 0 Å². The Kier molecular flexibility index (Phi) is 5.22. The largest absolute Gasteiger partial charge is 0.465 e. The second-order valence-corrected chi connectivity index (χ2v) is 9.09. The van der Waals surface area contributed by atoms with Crippen LogP contribution in [0.1, 0.15) is 18.4 Å². The molecule has 0 spiro atoms. The lowest BCUT2D eigenvalue weighted by Gasteiger charge is -2.09. The first-order chi connectivity index (χ1) is 12.8. The standard InChI is InChI=1S/C19H15Cl2NO4S/c1-2-26-18(23)19(11-22)16(12-3-5-13(20)6-4-12)17(19)27(24,25)15-9-7-14(21)8-10-15/h3-10,16-17H,2H2,1H3/t16-,17+,19+/m0/s1. The Hall–Kier alpha value is -2.07. The van der Waals surface area contributed by atoms with Gasteiger partial charge in [-0.2, -0.15) is 5.26 Å². The number of nitrogens with zero attached hydrogens (tertiary/aromatic N) is 1. The number of hydrogen-bond donors (Lipinski definition) is 0. The normalized spacial score (nSPS) is 24.1. The highest BCUT2D eigenvalue weighted by Crippen LogP contribution is 2.64. The molecule has 0 radical (unpaired) electrons. The minimum atomic E-state index is -3.99. The molecule has 2 aromatic carbocycles. The van der Waals surface area contributed by atoms with E-state index in [1.165, 1.54) is 24.3 Å². The van der Waals surface area contributed by atoms with Gasteiger partial charge in [0.15, 0.2) is 15.3 Å². The topological polar surface area (TPSA) is 84.2 Å². The van der Waals surface area contributed by atoms with E-state index in [1.54, 1.807) is 31.2 Å². The van der Waals surface area contributed by atoms with Crippen LogP contribution in [-0.4, -0.2) is 26.2 Å². The summed E-state index contributed by atoms with van der Waals surface area (Å²) >= 11 is 11.7. The number of carbonyl (C=O) groups is 1. The van der Waals surface area contributed by atoms with Crippen LogP contribution in [0.25, 0.3) is 0 Å². The molecule has 1 aliphatic carbocycles. The van der Waals surface area contributed by atoms with E-state index in [4.69, 9.17) is 27.9 Å². The highest BCUT2D eigenvalue weighted by molar-refractivity contribution is 7.92. The summed E-state index contributed by atoms with van der Waals surface area (Å²) in [6.07, 6.45) is 0. The quantitative estimate of drug-likeness (QED) is 0.678. The Morgan fingerprint density at radius 2 is 1.63 bits per heavy atom. The van der Waals surface area contributed by atoms with Crippen LogP contribution >= 0.6 is 23.2 Å². The monoisotopic (exact) mass is 423 g/mol. The molecule has 0 aromatic heterocycles. The summed E-state index contributed by atoms with van der Waals surface area (Å²) in [6.45, 7) is 1.65. The first-order valence-corrected chi connectivity index (χ1v) is 10.4. The van der Waals surface area contributed by atoms with E-state index < -0.39 is 32.4 Å². The maximum Gasteiger partial charge on any atom is 0.328 e. The minimum absolute atomic E-state index is 0.00251. The fraction of sp³-hybridized carbons (Fsp3) is 0.263. The van der Waals surface area contributed by atoms with E-state index in [1.807, 2.05) is 6.07 Å². The number of hydrogen-bond acceptors (Lipinski definition) is 5. The Morgan fingerprint density at radius 3 is 2.11 bits per heavy atom. The van der Waals surface area contributed by atoms with Crippen LogP contribution in [0, 0.1) is 16.7 Å². The number of carbonyl (C=O) groups excluding carboxylic acids is 1. The molecule has 3 rings (SSSR count). The van der Waals surface area contributed by atoms with Gasteiger partial charge in [-0.3, -0.25) is 4.79 Å². The zero-order valence-electron chi connectivity index (χ0n) is 14.2.